The number of carbonyl (C=O) groups excluding carboxylic acids is 1. The molecule has 0 atom stereocenters. The summed E-state index contributed by atoms with van der Waals surface area (Å²) in [5.74, 6) is -0.151. The Morgan fingerprint density at radius 1 is 1.29 bits per heavy atom. The van der Waals surface area contributed by atoms with Gasteiger partial charge in [-0.15, -0.1) is 0 Å². The summed E-state index contributed by atoms with van der Waals surface area (Å²) < 4.78 is 5.21. The smallest absolute Gasteiger partial charge is 0.410 e. The SMILES string of the molecule is CSCCN(CCC(=O)O)C(=O)OC(C)(C)C. The molecule has 0 unspecified atom stereocenters. The topological polar surface area (TPSA) is 66.8 Å². The second-order valence-corrected chi connectivity index (χ2v) is 5.59. The van der Waals surface area contributed by atoms with Crippen LogP contribution >= 0.6 is 11.8 Å². The molecule has 0 aliphatic rings. The zero-order valence-corrected chi connectivity index (χ0v) is 11.7. The third-order valence-corrected chi connectivity index (χ3v) is 2.40. The Labute approximate surface area is 107 Å². The van der Waals surface area contributed by atoms with Gasteiger partial charge in [-0.2, -0.15) is 11.8 Å². The third kappa shape index (κ3) is 8.85. The van der Waals surface area contributed by atoms with Gasteiger partial charge in [-0.05, 0) is 27.0 Å². The molecule has 5 nitrogen and oxygen atoms in total. The van der Waals surface area contributed by atoms with Gasteiger partial charge in [0.05, 0.1) is 6.42 Å². The highest BCUT2D eigenvalue weighted by molar-refractivity contribution is 7.98. The summed E-state index contributed by atoms with van der Waals surface area (Å²) in [7, 11) is 0. The minimum absolute atomic E-state index is 0.0619. The van der Waals surface area contributed by atoms with E-state index in [9.17, 15) is 9.59 Å². The number of carboxylic acids is 1. The summed E-state index contributed by atoms with van der Waals surface area (Å²) in [6.45, 7) is 6.05. The summed E-state index contributed by atoms with van der Waals surface area (Å²) in [5, 5.41) is 8.62. The van der Waals surface area contributed by atoms with Crippen molar-refractivity contribution in [1.29, 1.82) is 0 Å². The van der Waals surface area contributed by atoms with Crippen LogP contribution in [0.15, 0.2) is 0 Å². The van der Waals surface area contributed by atoms with Crippen molar-refractivity contribution in [3.63, 3.8) is 0 Å². The van der Waals surface area contributed by atoms with Crippen molar-refractivity contribution in [2.24, 2.45) is 0 Å². The monoisotopic (exact) mass is 263 g/mol. The van der Waals surface area contributed by atoms with Crippen molar-refractivity contribution < 1.29 is 19.4 Å². The van der Waals surface area contributed by atoms with Gasteiger partial charge in [0, 0.05) is 18.8 Å². The number of thioether (sulfide) groups is 1. The molecule has 1 N–H and O–H groups in total. The predicted molar refractivity (Wildman–Crippen MR) is 68.4 cm³/mol. The average molecular weight is 263 g/mol. The summed E-state index contributed by atoms with van der Waals surface area (Å²) in [4.78, 5) is 23.7. The summed E-state index contributed by atoms with van der Waals surface area (Å²) in [6, 6.07) is 0. The van der Waals surface area contributed by atoms with Gasteiger partial charge in [0.2, 0.25) is 0 Å². The Hall–Kier alpha value is -0.910. The largest absolute Gasteiger partial charge is 0.481 e. The van der Waals surface area contributed by atoms with E-state index >= 15 is 0 Å². The van der Waals surface area contributed by atoms with Crippen LogP contribution in [0.3, 0.4) is 0 Å². The van der Waals surface area contributed by atoms with Gasteiger partial charge in [0.25, 0.3) is 0 Å². The lowest BCUT2D eigenvalue weighted by Gasteiger charge is -2.26. The second kappa shape index (κ2) is 7.42. The minimum atomic E-state index is -0.914. The van der Waals surface area contributed by atoms with E-state index < -0.39 is 17.7 Å². The Bertz CT molecular complexity index is 263. The van der Waals surface area contributed by atoms with Crippen LogP contribution in [0.25, 0.3) is 0 Å². The molecule has 0 spiro atoms. The van der Waals surface area contributed by atoms with Gasteiger partial charge in [0.1, 0.15) is 5.60 Å². The van der Waals surface area contributed by atoms with Crippen LogP contribution in [-0.2, 0) is 9.53 Å². The van der Waals surface area contributed by atoms with E-state index in [1.54, 1.807) is 32.5 Å². The van der Waals surface area contributed by atoms with E-state index in [4.69, 9.17) is 9.84 Å². The highest BCUT2D eigenvalue weighted by atomic mass is 32.2. The summed E-state index contributed by atoms with van der Waals surface area (Å²) in [6.07, 6.45) is 1.42. The minimum Gasteiger partial charge on any atom is -0.481 e. The maximum Gasteiger partial charge on any atom is 0.410 e. The van der Waals surface area contributed by atoms with Crippen molar-refractivity contribution in [3.05, 3.63) is 0 Å². The number of nitrogens with zero attached hydrogens (tertiary/aromatic N) is 1. The lowest BCUT2D eigenvalue weighted by molar-refractivity contribution is -0.137. The lowest BCUT2D eigenvalue weighted by Crippen LogP contribution is -2.39. The molecular formula is C11H21NO4S. The first-order valence-corrected chi connectivity index (χ1v) is 6.84. The van der Waals surface area contributed by atoms with E-state index in [1.807, 2.05) is 6.26 Å². The van der Waals surface area contributed by atoms with Crippen molar-refractivity contribution in [3.8, 4) is 0 Å². The molecule has 0 bridgehead atoms. The number of hydrogen-bond acceptors (Lipinski definition) is 4. The van der Waals surface area contributed by atoms with Gasteiger partial charge in [-0.3, -0.25) is 4.79 Å². The van der Waals surface area contributed by atoms with Crippen LogP contribution in [0.2, 0.25) is 0 Å². The van der Waals surface area contributed by atoms with Gasteiger partial charge >= 0.3 is 12.1 Å². The van der Waals surface area contributed by atoms with E-state index in [-0.39, 0.29) is 13.0 Å². The second-order valence-electron chi connectivity index (χ2n) is 4.60. The summed E-state index contributed by atoms with van der Waals surface area (Å²) in [5.41, 5.74) is -0.558. The fourth-order valence-electron chi connectivity index (χ4n) is 1.05. The molecule has 0 rings (SSSR count). The molecule has 100 valence electrons. The van der Waals surface area contributed by atoms with Crippen molar-refractivity contribution in [1.82, 2.24) is 4.90 Å². The molecular weight excluding hydrogens is 242 g/mol. The highest BCUT2D eigenvalue weighted by Crippen LogP contribution is 2.10. The van der Waals surface area contributed by atoms with Gasteiger partial charge in [-0.1, -0.05) is 0 Å². The normalized spacial score (nSPS) is 11.1. The molecule has 0 aromatic rings. The number of hydrogen-bond donors (Lipinski definition) is 1. The van der Waals surface area contributed by atoms with Gasteiger partial charge in [-0.25, -0.2) is 4.79 Å². The standard InChI is InChI=1S/C11H21NO4S/c1-11(2,3)16-10(15)12(7-8-17-4)6-5-9(13)14/h5-8H2,1-4H3,(H,13,14). The maximum atomic E-state index is 11.8. The van der Waals surface area contributed by atoms with E-state index in [0.717, 1.165) is 5.75 Å². The Morgan fingerprint density at radius 2 is 1.88 bits per heavy atom. The van der Waals surface area contributed by atoms with Crippen molar-refractivity contribution >= 4 is 23.8 Å². The highest BCUT2D eigenvalue weighted by Gasteiger charge is 2.22. The number of carboxylic acid groups (broad SMARTS) is 1. The maximum absolute atomic E-state index is 11.8. The van der Waals surface area contributed by atoms with Crippen LogP contribution in [-0.4, -0.2) is 52.8 Å². The first-order valence-electron chi connectivity index (χ1n) is 5.45. The van der Waals surface area contributed by atoms with Crippen LogP contribution in [0, 0.1) is 0 Å². The first-order chi connectivity index (χ1) is 7.76. The fraction of sp³-hybridized carbons (Fsp3) is 0.818. The van der Waals surface area contributed by atoms with E-state index in [0.29, 0.717) is 6.54 Å². The van der Waals surface area contributed by atoms with Gasteiger partial charge < -0.3 is 14.7 Å². The number of aliphatic carboxylic acids is 1. The molecule has 0 aliphatic heterocycles. The molecule has 6 heteroatoms. The number of carbonyl (C=O) groups is 2. The van der Waals surface area contributed by atoms with Crippen molar-refractivity contribution in [2.75, 3.05) is 25.1 Å². The van der Waals surface area contributed by atoms with Crippen molar-refractivity contribution in [2.45, 2.75) is 32.8 Å². The molecule has 0 saturated heterocycles. The average Bonchev–Trinajstić information content (AvgIpc) is 2.14. The Balaban J connectivity index is 4.33. The molecule has 17 heavy (non-hydrogen) atoms. The molecule has 0 aromatic carbocycles. The van der Waals surface area contributed by atoms with E-state index in [1.165, 1.54) is 4.90 Å². The number of ether oxygens (including phenoxy) is 1. The molecule has 0 heterocycles. The molecule has 0 fully saturated rings. The van der Waals surface area contributed by atoms with Gasteiger partial charge in [0.15, 0.2) is 0 Å². The van der Waals surface area contributed by atoms with Crippen LogP contribution in [0.5, 0.6) is 0 Å². The Kier molecular flexibility index (Phi) is 7.03. The predicted octanol–water partition coefficient (Wildman–Crippen LogP) is 2.06. The quantitative estimate of drug-likeness (QED) is 0.794. The summed E-state index contributed by atoms with van der Waals surface area (Å²) >= 11 is 1.60. The Morgan fingerprint density at radius 3 is 2.29 bits per heavy atom. The molecule has 0 radical (unpaired) electrons. The van der Waals surface area contributed by atoms with E-state index in [2.05, 4.69) is 0 Å². The number of amides is 1. The molecule has 0 aromatic heterocycles. The van der Waals surface area contributed by atoms with Crippen LogP contribution in [0.1, 0.15) is 27.2 Å². The molecule has 1 amide bonds. The number of rotatable bonds is 6. The fourth-order valence-corrected chi connectivity index (χ4v) is 1.46. The zero-order chi connectivity index (χ0) is 13.5. The van der Waals surface area contributed by atoms with Crippen LogP contribution < -0.4 is 0 Å². The zero-order valence-electron chi connectivity index (χ0n) is 10.9. The van der Waals surface area contributed by atoms with Crippen LogP contribution in [0.4, 0.5) is 4.79 Å². The first kappa shape index (κ1) is 16.1. The molecule has 0 aliphatic carbocycles. The third-order valence-electron chi connectivity index (χ3n) is 1.81. The lowest BCUT2D eigenvalue weighted by atomic mass is 10.2. The molecule has 0 saturated carbocycles.